The molecule has 1 atom stereocenters. The summed E-state index contributed by atoms with van der Waals surface area (Å²) in [7, 11) is 1.69. The maximum Gasteiger partial charge on any atom is 0.133 e. The van der Waals surface area contributed by atoms with Gasteiger partial charge in [0.15, 0.2) is 0 Å². The van der Waals surface area contributed by atoms with Crippen molar-refractivity contribution in [3.63, 3.8) is 0 Å². The summed E-state index contributed by atoms with van der Waals surface area (Å²) in [4.78, 5) is 0. The first-order valence-electron chi connectivity index (χ1n) is 7.53. The summed E-state index contributed by atoms with van der Waals surface area (Å²) in [6, 6.07) is 6.68. The number of nitrogens with one attached hydrogen (secondary N) is 1. The fourth-order valence-corrected chi connectivity index (χ4v) is 5.01. The number of thioether (sulfide) groups is 1. The molecular formula is C16H22BrNO2S. The lowest BCUT2D eigenvalue weighted by Crippen LogP contribution is -2.46. The van der Waals surface area contributed by atoms with Crippen LogP contribution in [0.25, 0.3) is 0 Å². The predicted molar refractivity (Wildman–Crippen MR) is 92.6 cm³/mol. The van der Waals surface area contributed by atoms with Gasteiger partial charge in [-0.1, -0.05) is 0 Å². The summed E-state index contributed by atoms with van der Waals surface area (Å²) in [6.45, 7) is 0.875. The van der Waals surface area contributed by atoms with Gasteiger partial charge in [-0.15, -0.1) is 0 Å². The molecule has 1 aromatic carbocycles. The Bertz CT molecular complexity index is 486. The molecule has 116 valence electrons. The van der Waals surface area contributed by atoms with E-state index in [1.165, 1.54) is 24.3 Å². The molecule has 0 aromatic heterocycles. The fraction of sp³-hybridized carbons (Fsp3) is 0.625. The third-order valence-corrected chi connectivity index (χ3v) is 6.02. The highest BCUT2D eigenvalue weighted by molar-refractivity contribution is 9.10. The van der Waals surface area contributed by atoms with Gasteiger partial charge in [-0.25, -0.2) is 0 Å². The van der Waals surface area contributed by atoms with Crippen LogP contribution < -0.4 is 10.1 Å². The van der Waals surface area contributed by atoms with Crippen LogP contribution in [0.4, 0.5) is 5.69 Å². The lowest BCUT2D eigenvalue weighted by Gasteiger charge is -2.43. The van der Waals surface area contributed by atoms with Crippen LogP contribution in [0.1, 0.15) is 25.7 Å². The largest absolute Gasteiger partial charge is 0.496 e. The summed E-state index contributed by atoms with van der Waals surface area (Å²) in [5, 5.41) is 3.67. The Labute approximate surface area is 139 Å². The number of methoxy groups -OCH3 is 1. The lowest BCUT2D eigenvalue weighted by atomic mass is 9.85. The highest BCUT2D eigenvalue weighted by atomic mass is 79.9. The minimum absolute atomic E-state index is 0.130. The van der Waals surface area contributed by atoms with Crippen LogP contribution in [0.15, 0.2) is 22.7 Å². The van der Waals surface area contributed by atoms with Crippen molar-refractivity contribution in [3.8, 4) is 5.75 Å². The second-order valence-corrected chi connectivity index (χ2v) is 7.91. The molecule has 3 nitrogen and oxygen atoms in total. The van der Waals surface area contributed by atoms with Gasteiger partial charge in [0.1, 0.15) is 5.75 Å². The van der Waals surface area contributed by atoms with Crippen LogP contribution in [0, 0.1) is 0 Å². The molecule has 1 unspecified atom stereocenters. The van der Waals surface area contributed by atoms with Crippen LogP contribution in [0.2, 0.25) is 0 Å². The van der Waals surface area contributed by atoms with E-state index in [-0.39, 0.29) is 5.60 Å². The Morgan fingerprint density at radius 1 is 1.38 bits per heavy atom. The topological polar surface area (TPSA) is 30.5 Å². The van der Waals surface area contributed by atoms with Crippen LogP contribution in [0.3, 0.4) is 0 Å². The Morgan fingerprint density at radius 2 is 2.19 bits per heavy atom. The molecule has 2 aliphatic heterocycles. The number of hydrogen-bond acceptors (Lipinski definition) is 4. The molecule has 1 N–H and O–H groups in total. The minimum Gasteiger partial charge on any atom is -0.496 e. The van der Waals surface area contributed by atoms with Gasteiger partial charge in [0.25, 0.3) is 0 Å². The molecule has 3 rings (SSSR count). The smallest absolute Gasteiger partial charge is 0.133 e. The number of rotatable bonds is 3. The molecule has 1 spiro atoms. The Hall–Kier alpha value is -0.390. The van der Waals surface area contributed by atoms with Crippen LogP contribution in [-0.4, -0.2) is 36.9 Å². The average Bonchev–Trinajstić information content (AvgIpc) is 2.48. The van der Waals surface area contributed by atoms with Crippen molar-refractivity contribution >= 4 is 33.4 Å². The zero-order valence-electron chi connectivity index (χ0n) is 12.4. The first-order valence-corrected chi connectivity index (χ1v) is 9.47. The van der Waals surface area contributed by atoms with Gasteiger partial charge >= 0.3 is 0 Å². The number of benzene rings is 1. The van der Waals surface area contributed by atoms with E-state index in [0.717, 1.165) is 35.4 Å². The molecular weight excluding hydrogens is 350 g/mol. The monoisotopic (exact) mass is 371 g/mol. The fourth-order valence-electron chi connectivity index (χ4n) is 3.23. The molecule has 0 radical (unpaired) electrons. The molecule has 0 saturated carbocycles. The molecule has 2 aliphatic rings. The van der Waals surface area contributed by atoms with Crippen molar-refractivity contribution in [2.75, 3.05) is 30.5 Å². The SMILES string of the molecule is COc1ccc(NC2CCOC3(CCSCC3)C2)cc1Br. The van der Waals surface area contributed by atoms with Gasteiger partial charge in [0, 0.05) is 18.3 Å². The third kappa shape index (κ3) is 3.69. The zero-order valence-corrected chi connectivity index (χ0v) is 14.8. The maximum atomic E-state index is 6.15. The quantitative estimate of drug-likeness (QED) is 0.856. The minimum atomic E-state index is 0.130. The molecule has 0 aliphatic carbocycles. The highest BCUT2D eigenvalue weighted by Crippen LogP contribution is 2.38. The average molecular weight is 372 g/mol. The summed E-state index contributed by atoms with van der Waals surface area (Å²) < 4.78 is 12.4. The predicted octanol–water partition coefficient (Wildman–Crippen LogP) is 4.31. The van der Waals surface area contributed by atoms with Crippen molar-refractivity contribution in [2.45, 2.75) is 37.3 Å². The van der Waals surface area contributed by atoms with Gasteiger partial charge in [-0.3, -0.25) is 0 Å². The maximum absolute atomic E-state index is 6.15. The highest BCUT2D eigenvalue weighted by Gasteiger charge is 2.38. The number of ether oxygens (including phenoxy) is 2. The van der Waals surface area contributed by atoms with E-state index in [1.54, 1.807) is 7.11 Å². The first-order chi connectivity index (χ1) is 10.2. The summed E-state index contributed by atoms with van der Waals surface area (Å²) in [5.41, 5.74) is 1.28. The van der Waals surface area contributed by atoms with Gasteiger partial charge < -0.3 is 14.8 Å². The first kappa shape index (κ1) is 15.5. The molecule has 0 amide bonds. The Balaban J connectivity index is 1.65. The molecule has 2 saturated heterocycles. The van der Waals surface area contributed by atoms with E-state index in [0.29, 0.717) is 6.04 Å². The molecule has 2 fully saturated rings. The number of anilines is 1. The standard InChI is InChI=1S/C16H22BrNO2S/c1-19-15-3-2-12(10-14(15)17)18-13-4-7-20-16(11-13)5-8-21-9-6-16/h2-3,10,13,18H,4-9,11H2,1H3. The van der Waals surface area contributed by atoms with E-state index in [1.807, 2.05) is 6.07 Å². The van der Waals surface area contributed by atoms with E-state index >= 15 is 0 Å². The third-order valence-electron chi connectivity index (χ3n) is 4.42. The Morgan fingerprint density at radius 3 is 2.90 bits per heavy atom. The summed E-state index contributed by atoms with van der Waals surface area (Å²) >= 11 is 5.60. The van der Waals surface area contributed by atoms with Gasteiger partial charge in [-0.05, 0) is 71.3 Å². The van der Waals surface area contributed by atoms with E-state index in [2.05, 4.69) is 45.1 Å². The Kier molecular flexibility index (Phi) is 5.02. The molecule has 0 bridgehead atoms. The van der Waals surface area contributed by atoms with Crippen LogP contribution in [-0.2, 0) is 4.74 Å². The van der Waals surface area contributed by atoms with Crippen LogP contribution >= 0.6 is 27.7 Å². The van der Waals surface area contributed by atoms with Crippen molar-refractivity contribution in [3.05, 3.63) is 22.7 Å². The summed E-state index contributed by atoms with van der Waals surface area (Å²) in [5.74, 6) is 3.34. The molecule has 5 heteroatoms. The van der Waals surface area contributed by atoms with Gasteiger partial charge in [0.05, 0.1) is 17.2 Å². The van der Waals surface area contributed by atoms with Gasteiger partial charge in [-0.2, -0.15) is 11.8 Å². The second-order valence-electron chi connectivity index (χ2n) is 5.83. The van der Waals surface area contributed by atoms with Crippen molar-refractivity contribution in [1.82, 2.24) is 0 Å². The number of hydrogen-bond donors (Lipinski definition) is 1. The lowest BCUT2D eigenvalue weighted by molar-refractivity contribution is -0.0865. The van der Waals surface area contributed by atoms with Crippen molar-refractivity contribution in [1.29, 1.82) is 0 Å². The molecule has 1 aromatic rings. The normalized spacial score (nSPS) is 24.8. The number of halogens is 1. The molecule has 21 heavy (non-hydrogen) atoms. The van der Waals surface area contributed by atoms with Crippen LogP contribution in [0.5, 0.6) is 5.75 Å². The molecule has 2 heterocycles. The van der Waals surface area contributed by atoms with E-state index in [4.69, 9.17) is 9.47 Å². The van der Waals surface area contributed by atoms with Gasteiger partial charge in [0.2, 0.25) is 0 Å². The zero-order chi connectivity index (χ0) is 14.7. The van der Waals surface area contributed by atoms with Crippen molar-refractivity contribution in [2.24, 2.45) is 0 Å². The van der Waals surface area contributed by atoms with E-state index < -0.39 is 0 Å². The van der Waals surface area contributed by atoms with E-state index in [9.17, 15) is 0 Å². The van der Waals surface area contributed by atoms with Crippen molar-refractivity contribution < 1.29 is 9.47 Å². The second kappa shape index (κ2) is 6.80. The summed E-state index contributed by atoms with van der Waals surface area (Å²) in [6.07, 6.45) is 4.60.